The number of ether oxygens (including phenoxy) is 1. The highest BCUT2D eigenvalue weighted by Crippen LogP contribution is 2.78. The summed E-state index contributed by atoms with van der Waals surface area (Å²) >= 11 is 0. The van der Waals surface area contributed by atoms with E-state index in [1.807, 2.05) is 0 Å². The number of hydrogen-bond donors (Lipinski definition) is 1. The average Bonchev–Trinajstić information content (AvgIpc) is 2.65. The Labute approximate surface area is 96.7 Å². The minimum Gasteiger partial charge on any atom is -0.468 e. The molecule has 0 amide bonds. The van der Waals surface area contributed by atoms with Gasteiger partial charge in [-0.1, -0.05) is 12.8 Å². The number of carbonyl (C=O) groups is 1. The highest BCUT2D eigenvalue weighted by molar-refractivity contribution is 5.77. The topological polar surface area (TPSA) is 52.3 Å². The molecule has 2 N–H and O–H groups in total. The molecule has 90 valence electrons. The van der Waals surface area contributed by atoms with E-state index >= 15 is 0 Å². The van der Waals surface area contributed by atoms with E-state index < -0.39 is 0 Å². The SMILES string of the molecule is COC(=O)C(N)C12CC(C3CCCC3)(C1)C2. The van der Waals surface area contributed by atoms with Crippen molar-refractivity contribution in [1.29, 1.82) is 0 Å². The molecule has 0 heterocycles. The molecule has 0 radical (unpaired) electrons. The van der Waals surface area contributed by atoms with E-state index in [0.717, 1.165) is 5.92 Å². The third-order valence-electron chi connectivity index (χ3n) is 5.45. The first kappa shape index (κ1) is 10.6. The van der Waals surface area contributed by atoms with Gasteiger partial charge in [-0.15, -0.1) is 0 Å². The lowest BCUT2D eigenvalue weighted by atomic mass is 9.30. The van der Waals surface area contributed by atoms with Crippen LogP contribution in [0, 0.1) is 16.7 Å². The van der Waals surface area contributed by atoms with Crippen molar-refractivity contribution in [1.82, 2.24) is 0 Å². The van der Waals surface area contributed by atoms with Gasteiger partial charge in [-0.2, -0.15) is 0 Å². The second kappa shape index (κ2) is 3.22. The van der Waals surface area contributed by atoms with Gasteiger partial charge < -0.3 is 10.5 Å². The summed E-state index contributed by atoms with van der Waals surface area (Å²) in [6, 6.07) is -0.374. The van der Waals surface area contributed by atoms with Crippen LogP contribution in [0.15, 0.2) is 0 Å². The molecule has 3 nitrogen and oxygen atoms in total. The Morgan fingerprint density at radius 2 is 1.88 bits per heavy atom. The summed E-state index contributed by atoms with van der Waals surface area (Å²) in [5.41, 5.74) is 6.69. The van der Waals surface area contributed by atoms with E-state index in [-0.39, 0.29) is 17.4 Å². The van der Waals surface area contributed by atoms with Crippen molar-refractivity contribution >= 4 is 5.97 Å². The Morgan fingerprint density at radius 3 is 2.38 bits per heavy atom. The molecular formula is C13H21NO2. The molecule has 0 aromatic heterocycles. The number of esters is 1. The number of methoxy groups -OCH3 is 1. The standard InChI is InChI=1S/C13H21NO2/c1-16-11(15)10(14)13-6-12(7-13,8-13)9-4-2-3-5-9/h9-10H,2-8,14H2,1H3. The fraction of sp³-hybridized carbons (Fsp3) is 0.923. The number of nitrogens with two attached hydrogens (primary N) is 1. The molecule has 1 unspecified atom stereocenters. The van der Waals surface area contributed by atoms with E-state index in [9.17, 15) is 4.79 Å². The normalized spacial score (nSPS) is 43.4. The zero-order chi connectivity index (χ0) is 11.4. The van der Waals surface area contributed by atoms with Gasteiger partial charge in [0.2, 0.25) is 0 Å². The molecule has 1 atom stereocenters. The Kier molecular flexibility index (Phi) is 2.13. The second-order valence-electron chi connectivity index (χ2n) is 6.24. The first-order valence-corrected chi connectivity index (χ1v) is 6.45. The van der Waals surface area contributed by atoms with Gasteiger partial charge in [0, 0.05) is 0 Å². The van der Waals surface area contributed by atoms with Crippen LogP contribution in [-0.2, 0) is 9.53 Å². The van der Waals surface area contributed by atoms with Crippen LogP contribution in [0.4, 0.5) is 0 Å². The predicted octanol–water partition coefficient (Wildman–Crippen LogP) is 1.85. The Bertz CT molecular complexity index is 300. The van der Waals surface area contributed by atoms with Gasteiger partial charge in [-0.3, -0.25) is 4.79 Å². The number of rotatable bonds is 3. The molecule has 0 aromatic rings. The van der Waals surface area contributed by atoms with E-state index in [2.05, 4.69) is 0 Å². The van der Waals surface area contributed by atoms with Crippen LogP contribution in [0.3, 0.4) is 0 Å². The third kappa shape index (κ3) is 1.15. The van der Waals surface area contributed by atoms with Crippen molar-refractivity contribution in [2.45, 2.75) is 51.0 Å². The lowest BCUT2D eigenvalue weighted by Gasteiger charge is -2.74. The molecule has 4 aliphatic rings. The number of hydrogen-bond acceptors (Lipinski definition) is 3. The predicted molar refractivity (Wildman–Crippen MR) is 60.7 cm³/mol. The molecule has 16 heavy (non-hydrogen) atoms. The van der Waals surface area contributed by atoms with E-state index in [1.54, 1.807) is 0 Å². The average molecular weight is 223 g/mol. The molecule has 4 fully saturated rings. The highest BCUT2D eigenvalue weighted by atomic mass is 16.5. The van der Waals surface area contributed by atoms with Crippen LogP contribution in [0.1, 0.15) is 44.9 Å². The zero-order valence-corrected chi connectivity index (χ0v) is 10.00. The van der Waals surface area contributed by atoms with Gasteiger partial charge in [0.05, 0.1) is 7.11 Å². The Morgan fingerprint density at radius 1 is 1.31 bits per heavy atom. The fourth-order valence-corrected chi connectivity index (χ4v) is 4.63. The second-order valence-corrected chi connectivity index (χ2v) is 6.24. The van der Waals surface area contributed by atoms with Crippen LogP contribution in [0.25, 0.3) is 0 Å². The summed E-state index contributed by atoms with van der Waals surface area (Å²) in [5, 5.41) is 0. The van der Waals surface area contributed by atoms with Gasteiger partial charge in [-0.05, 0) is 48.9 Å². The van der Waals surface area contributed by atoms with Gasteiger partial charge >= 0.3 is 5.97 Å². The molecule has 0 aromatic carbocycles. The van der Waals surface area contributed by atoms with E-state index in [4.69, 9.17) is 10.5 Å². The fourth-order valence-electron chi connectivity index (χ4n) is 4.63. The van der Waals surface area contributed by atoms with Crippen molar-refractivity contribution < 1.29 is 9.53 Å². The summed E-state index contributed by atoms with van der Waals surface area (Å²) in [5.74, 6) is 0.707. The zero-order valence-electron chi connectivity index (χ0n) is 10.00. The summed E-state index contributed by atoms with van der Waals surface area (Å²) < 4.78 is 4.75. The largest absolute Gasteiger partial charge is 0.468 e. The summed E-state index contributed by atoms with van der Waals surface area (Å²) in [6.45, 7) is 0. The lowest BCUT2D eigenvalue weighted by molar-refractivity contribution is -0.247. The number of carbonyl (C=O) groups excluding carboxylic acids is 1. The maximum Gasteiger partial charge on any atom is 0.323 e. The third-order valence-corrected chi connectivity index (χ3v) is 5.45. The minimum absolute atomic E-state index is 0.121. The minimum atomic E-state index is -0.374. The maximum absolute atomic E-state index is 11.5. The molecule has 4 rings (SSSR count). The smallest absolute Gasteiger partial charge is 0.323 e. The van der Waals surface area contributed by atoms with Gasteiger partial charge in [0.1, 0.15) is 6.04 Å². The molecule has 4 aliphatic carbocycles. The van der Waals surface area contributed by atoms with Gasteiger partial charge in [-0.25, -0.2) is 0 Å². The van der Waals surface area contributed by atoms with Crippen molar-refractivity contribution in [2.24, 2.45) is 22.5 Å². The van der Waals surface area contributed by atoms with Crippen molar-refractivity contribution in [3.05, 3.63) is 0 Å². The van der Waals surface area contributed by atoms with Crippen LogP contribution >= 0.6 is 0 Å². The van der Waals surface area contributed by atoms with Crippen LogP contribution < -0.4 is 5.73 Å². The molecule has 3 heteroatoms. The molecule has 0 aliphatic heterocycles. The molecule has 0 saturated heterocycles. The summed E-state index contributed by atoms with van der Waals surface area (Å²) in [7, 11) is 1.43. The first-order valence-electron chi connectivity index (χ1n) is 6.45. The van der Waals surface area contributed by atoms with Crippen molar-refractivity contribution in [3.63, 3.8) is 0 Å². The van der Waals surface area contributed by atoms with Crippen molar-refractivity contribution in [2.75, 3.05) is 7.11 Å². The molecular weight excluding hydrogens is 202 g/mol. The van der Waals surface area contributed by atoms with Crippen LogP contribution in [0.2, 0.25) is 0 Å². The van der Waals surface area contributed by atoms with Crippen LogP contribution in [-0.4, -0.2) is 19.1 Å². The van der Waals surface area contributed by atoms with Crippen molar-refractivity contribution in [3.8, 4) is 0 Å². The van der Waals surface area contributed by atoms with Gasteiger partial charge in [0.15, 0.2) is 0 Å². The summed E-state index contributed by atoms with van der Waals surface area (Å²) in [4.78, 5) is 11.5. The molecule has 0 spiro atoms. The monoisotopic (exact) mass is 223 g/mol. The quantitative estimate of drug-likeness (QED) is 0.743. The lowest BCUT2D eigenvalue weighted by Crippen LogP contribution is -2.72. The maximum atomic E-state index is 11.5. The highest BCUT2D eigenvalue weighted by Gasteiger charge is 2.73. The molecule has 2 bridgehead atoms. The Hall–Kier alpha value is -0.570. The Balaban J connectivity index is 1.62. The van der Waals surface area contributed by atoms with Crippen LogP contribution in [0.5, 0.6) is 0 Å². The first-order chi connectivity index (χ1) is 7.62. The summed E-state index contributed by atoms with van der Waals surface area (Å²) in [6.07, 6.45) is 9.17. The van der Waals surface area contributed by atoms with E-state index in [1.165, 1.54) is 52.1 Å². The molecule has 4 saturated carbocycles. The van der Waals surface area contributed by atoms with E-state index in [0.29, 0.717) is 5.41 Å². The van der Waals surface area contributed by atoms with Gasteiger partial charge in [0.25, 0.3) is 0 Å².